The van der Waals surface area contributed by atoms with Gasteiger partial charge in [0.1, 0.15) is 5.69 Å². The molecule has 2 heterocycles. The number of nitrogens with one attached hydrogen (secondary N) is 1. The van der Waals surface area contributed by atoms with Crippen molar-refractivity contribution in [3.8, 4) is 0 Å². The molecule has 0 bridgehead atoms. The number of aromatic nitrogens is 2. The van der Waals surface area contributed by atoms with Gasteiger partial charge in [-0.3, -0.25) is 14.9 Å². The number of nitrogens with zero attached hydrogens (tertiary/aromatic N) is 3. The lowest BCUT2D eigenvalue weighted by Gasteiger charge is -2.34. The maximum absolute atomic E-state index is 11.8. The highest BCUT2D eigenvalue weighted by Crippen LogP contribution is 2.33. The summed E-state index contributed by atoms with van der Waals surface area (Å²) in [5.41, 5.74) is 5.16. The van der Waals surface area contributed by atoms with Crippen LogP contribution in [0.4, 0.5) is 11.5 Å². The van der Waals surface area contributed by atoms with Crippen LogP contribution in [0.5, 0.6) is 0 Å². The first-order valence-corrected chi connectivity index (χ1v) is 7.23. The fourth-order valence-electron chi connectivity index (χ4n) is 2.72. The first kappa shape index (κ1) is 16.2. The van der Waals surface area contributed by atoms with Crippen molar-refractivity contribution in [2.45, 2.75) is 26.2 Å². The van der Waals surface area contributed by atoms with Gasteiger partial charge in [-0.15, -0.1) is 0 Å². The van der Waals surface area contributed by atoms with E-state index in [1.54, 1.807) is 7.05 Å². The monoisotopic (exact) mass is 311 g/mol. The molecular weight excluding hydrogens is 290 g/mol. The van der Waals surface area contributed by atoms with Gasteiger partial charge in [0.2, 0.25) is 11.7 Å². The minimum atomic E-state index is -0.747. The molecule has 0 radical (unpaired) electrons. The van der Waals surface area contributed by atoms with E-state index in [2.05, 4.69) is 10.4 Å². The van der Waals surface area contributed by atoms with E-state index in [1.807, 2.05) is 6.92 Å². The molecule has 1 aromatic rings. The Labute approximate surface area is 128 Å². The Hall–Kier alpha value is -2.16. The molecule has 1 amide bonds. The van der Waals surface area contributed by atoms with Crippen molar-refractivity contribution >= 4 is 17.4 Å². The van der Waals surface area contributed by atoms with Crippen LogP contribution < -0.4 is 11.1 Å². The zero-order chi connectivity index (χ0) is 16.3. The summed E-state index contributed by atoms with van der Waals surface area (Å²) in [6, 6.07) is 0. The van der Waals surface area contributed by atoms with Crippen LogP contribution in [0.15, 0.2) is 0 Å². The molecule has 1 fully saturated rings. The standard InChI is InChI=1S/C13H21N5O4/c1-3-9-10(18(20)21)11(17(2)16-9)15-8-13(12(14)19)4-6-22-7-5-13/h15H,3-8H2,1-2H3,(H2,14,19). The van der Waals surface area contributed by atoms with Crippen molar-refractivity contribution in [2.75, 3.05) is 25.1 Å². The molecule has 0 atom stereocenters. The Morgan fingerprint density at radius 3 is 2.68 bits per heavy atom. The van der Waals surface area contributed by atoms with E-state index in [1.165, 1.54) is 4.68 Å². The lowest BCUT2D eigenvalue weighted by molar-refractivity contribution is -0.384. The third-order valence-electron chi connectivity index (χ3n) is 4.18. The summed E-state index contributed by atoms with van der Waals surface area (Å²) in [4.78, 5) is 22.7. The largest absolute Gasteiger partial charge is 0.381 e. The molecule has 3 N–H and O–H groups in total. The van der Waals surface area contributed by atoms with Gasteiger partial charge >= 0.3 is 5.69 Å². The first-order valence-electron chi connectivity index (χ1n) is 7.23. The molecule has 0 saturated carbocycles. The van der Waals surface area contributed by atoms with Crippen LogP contribution in [0, 0.1) is 15.5 Å². The van der Waals surface area contributed by atoms with Crippen LogP contribution in [0.2, 0.25) is 0 Å². The van der Waals surface area contributed by atoms with Crippen LogP contribution in [-0.2, 0) is 23.0 Å². The van der Waals surface area contributed by atoms with E-state index < -0.39 is 16.2 Å². The molecule has 0 aromatic carbocycles. The van der Waals surface area contributed by atoms with Crippen LogP contribution in [0.25, 0.3) is 0 Å². The number of carbonyl (C=O) groups is 1. The number of aryl methyl sites for hydroxylation is 2. The number of hydrogen-bond donors (Lipinski definition) is 2. The fourth-order valence-corrected chi connectivity index (χ4v) is 2.72. The summed E-state index contributed by atoms with van der Waals surface area (Å²) in [6.45, 7) is 2.95. The van der Waals surface area contributed by atoms with E-state index in [-0.39, 0.29) is 12.2 Å². The van der Waals surface area contributed by atoms with Crippen molar-refractivity contribution < 1.29 is 14.5 Å². The number of rotatable bonds is 6. The van der Waals surface area contributed by atoms with Crippen molar-refractivity contribution in [2.24, 2.45) is 18.2 Å². The summed E-state index contributed by atoms with van der Waals surface area (Å²) in [5, 5.41) is 18.4. The second-order valence-corrected chi connectivity index (χ2v) is 5.49. The molecule has 22 heavy (non-hydrogen) atoms. The number of nitrogens with two attached hydrogens (primary N) is 1. The molecule has 1 aliphatic rings. The van der Waals surface area contributed by atoms with Crippen molar-refractivity contribution in [3.05, 3.63) is 15.8 Å². The summed E-state index contributed by atoms with van der Waals surface area (Å²) in [5.74, 6) is -0.113. The molecule has 1 saturated heterocycles. The van der Waals surface area contributed by atoms with Crippen LogP contribution in [0.1, 0.15) is 25.5 Å². The second kappa shape index (κ2) is 6.30. The zero-order valence-corrected chi connectivity index (χ0v) is 12.8. The van der Waals surface area contributed by atoms with Crippen molar-refractivity contribution in [1.29, 1.82) is 0 Å². The second-order valence-electron chi connectivity index (χ2n) is 5.49. The molecule has 1 aliphatic heterocycles. The molecule has 9 heteroatoms. The Morgan fingerprint density at radius 1 is 1.55 bits per heavy atom. The number of amides is 1. The third-order valence-corrected chi connectivity index (χ3v) is 4.18. The van der Waals surface area contributed by atoms with Crippen LogP contribution in [0.3, 0.4) is 0 Å². The molecule has 9 nitrogen and oxygen atoms in total. The van der Waals surface area contributed by atoms with E-state index >= 15 is 0 Å². The Morgan fingerprint density at radius 2 is 2.18 bits per heavy atom. The van der Waals surface area contributed by atoms with Gasteiger partial charge in [0, 0.05) is 26.8 Å². The van der Waals surface area contributed by atoms with Gasteiger partial charge in [-0.1, -0.05) is 6.92 Å². The summed E-state index contributed by atoms with van der Waals surface area (Å²) >= 11 is 0. The average molecular weight is 311 g/mol. The van der Waals surface area contributed by atoms with Gasteiger partial charge in [0.05, 0.1) is 10.3 Å². The molecule has 2 rings (SSSR count). The van der Waals surface area contributed by atoms with Crippen molar-refractivity contribution in [1.82, 2.24) is 9.78 Å². The molecule has 0 unspecified atom stereocenters. The van der Waals surface area contributed by atoms with E-state index in [4.69, 9.17) is 10.5 Å². The number of nitro groups is 1. The zero-order valence-electron chi connectivity index (χ0n) is 12.8. The number of carbonyl (C=O) groups excluding carboxylic acids is 1. The van der Waals surface area contributed by atoms with E-state index in [9.17, 15) is 14.9 Å². The molecule has 0 aliphatic carbocycles. The average Bonchev–Trinajstić information content (AvgIpc) is 2.82. The van der Waals surface area contributed by atoms with Crippen molar-refractivity contribution in [3.63, 3.8) is 0 Å². The Balaban J connectivity index is 2.25. The maximum Gasteiger partial charge on any atom is 0.333 e. The lowest BCUT2D eigenvalue weighted by Crippen LogP contribution is -2.46. The highest BCUT2D eigenvalue weighted by molar-refractivity contribution is 5.81. The van der Waals surface area contributed by atoms with Gasteiger partial charge in [0.15, 0.2) is 0 Å². The predicted molar refractivity (Wildman–Crippen MR) is 79.4 cm³/mol. The molecule has 0 spiro atoms. The fraction of sp³-hybridized carbons (Fsp3) is 0.692. The van der Waals surface area contributed by atoms with E-state index in [0.717, 1.165) is 0 Å². The number of hydrogen-bond acceptors (Lipinski definition) is 6. The van der Waals surface area contributed by atoms with Gasteiger partial charge in [0.25, 0.3) is 0 Å². The minimum absolute atomic E-state index is 0.0447. The first-order chi connectivity index (χ1) is 10.4. The number of ether oxygens (including phenoxy) is 1. The van der Waals surface area contributed by atoms with Gasteiger partial charge in [-0.2, -0.15) is 5.10 Å². The van der Waals surface area contributed by atoms with Gasteiger partial charge < -0.3 is 15.8 Å². The minimum Gasteiger partial charge on any atom is -0.381 e. The normalized spacial score (nSPS) is 17.2. The number of anilines is 1. The summed E-state index contributed by atoms with van der Waals surface area (Å²) in [7, 11) is 1.63. The molecular formula is C13H21N5O4. The van der Waals surface area contributed by atoms with E-state index in [0.29, 0.717) is 44.0 Å². The smallest absolute Gasteiger partial charge is 0.333 e. The van der Waals surface area contributed by atoms with Crippen LogP contribution >= 0.6 is 0 Å². The van der Waals surface area contributed by atoms with Crippen LogP contribution in [-0.4, -0.2) is 40.4 Å². The highest BCUT2D eigenvalue weighted by atomic mass is 16.6. The summed E-state index contributed by atoms with van der Waals surface area (Å²) < 4.78 is 6.71. The molecule has 1 aromatic heterocycles. The van der Waals surface area contributed by atoms with Gasteiger partial charge in [-0.05, 0) is 19.3 Å². The Kier molecular flexibility index (Phi) is 4.65. The maximum atomic E-state index is 11.8. The lowest BCUT2D eigenvalue weighted by atomic mass is 9.79. The number of primary amides is 1. The summed E-state index contributed by atoms with van der Waals surface area (Å²) in [6.07, 6.45) is 1.46. The predicted octanol–water partition coefficient (Wildman–Crippen LogP) is 0.585. The Bertz CT molecular complexity index is 577. The molecule has 122 valence electrons. The van der Waals surface area contributed by atoms with Gasteiger partial charge in [-0.25, -0.2) is 4.68 Å². The quantitative estimate of drug-likeness (QED) is 0.585. The third kappa shape index (κ3) is 2.89. The SMILES string of the molecule is CCc1nn(C)c(NCC2(C(N)=O)CCOCC2)c1[N+](=O)[O-]. The topological polar surface area (TPSA) is 125 Å². The highest BCUT2D eigenvalue weighted by Gasteiger charge is 2.39.